The number of nitro groups is 1. The number of benzene rings is 2. The van der Waals surface area contributed by atoms with Crippen LogP contribution in [0.15, 0.2) is 62.5 Å². The topological polar surface area (TPSA) is 112 Å². The van der Waals surface area contributed by atoms with E-state index in [1.54, 1.807) is 37.3 Å². The molecule has 4 aromatic rings. The fourth-order valence-electron chi connectivity index (χ4n) is 2.82. The van der Waals surface area contributed by atoms with Gasteiger partial charge in [0.1, 0.15) is 11.8 Å². The van der Waals surface area contributed by atoms with Crippen molar-refractivity contribution < 1.29 is 13.9 Å². The van der Waals surface area contributed by atoms with Gasteiger partial charge in [-0.25, -0.2) is 0 Å². The molecule has 2 heterocycles. The van der Waals surface area contributed by atoms with Crippen molar-refractivity contribution in [3.63, 3.8) is 0 Å². The van der Waals surface area contributed by atoms with Gasteiger partial charge in [0.15, 0.2) is 5.43 Å². The van der Waals surface area contributed by atoms with Crippen molar-refractivity contribution in [2.24, 2.45) is 0 Å². The van der Waals surface area contributed by atoms with Gasteiger partial charge >= 0.3 is 0 Å². The predicted octanol–water partition coefficient (Wildman–Crippen LogP) is 4.63. The zero-order valence-corrected chi connectivity index (χ0v) is 15.7. The number of halogens is 1. The van der Waals surface area contributed by atoms with Crippen LogP contribution in [-0.4, -0.2) is 15.1 Å². The summed E-state index contributed by atoms with van der Waals surface area (Å²) < 4.78 is 10.6. The number of nitro benzene ring substituents is 1. The molecule has 144 valence electrons. The van der Waals surface area contributed by atoms with Crippen LogP contribution < -0.4 is 5.43 Å². The Hall–Kier alpha value is -3.78. The maximum atomic E-state index is 12.9. The third kappa shape index (κ3) is 3.65. The van der Waals surface area contributed by atoms with Crippen molar-refractivity contribution in [1.29, 1.82) is 0 Å². The lowest BCUT2D eigenvalue weighted by Gasteiger charge is -2.05. The molecule has 0 aliphatic rings. The minimum atomic E-state index is -0.493. The second-order valence-electron chi connectivity index (χ2n) is 6.16. The van der Waals surface area contributed by atoms with Gasteiger partial charge in [-0.05, 0) is 42.0 Å². The van der Waals surface area contributed by atoms with Crippen LogP contribution in [0.4, 0.5) is 5.69 Å². The summed E-state index contributed by atoms with van der Waals surface area (Å²) in [5.41, 5.74) is 1.33. The summed E-state index contributed by atoms with van der Waals surface area (Å²) in [5, 5.41) is 15.6. The summed E-state index contributed by atoms with van der Waals surface area (Å²) >= 11 is 6.00. The van der Waals surface area contributed by atoms with Crippen LogP contribution in [0.5, 0.6) is 0 Å². The largest absolute Gasteiger partial charge is 0.463 e. The minimum absolute atomic E-state index is 0.0581. The molecule has 0 fully saturated rings. The molecule has 0 atom stereocenters. The highest BCUT2D eigenvalue weighted by molar-refractivity contribution is 6.31. The molecule has 0 N–H and O–H groups in total. The summed E-state index contributed by atoms with van der Waals surface area (Å²) in [4.78, 5) is 27.6. The SMILES string of the molecule is Cc1nc(/C(=C\c2coc3ccc(Cl)cc3c2=O)c2ccc([N+](=O)[O-])cc2)no1. The van der Waals surface area contributed by atoms with Crippen LogP contribution in [0.3, 0.4) is 0 Å². The van der Waals surface area contributed by atoms with Crippen molar-refractivity contribution in [3.8, 4) is 0 Å². The molecular formula is C20H12ClN3O5. The van der Waals surface area contributed by atoms with E-state index in [0.29, 0.717) is 33.0 Å². The van der Waals surface area contributed by atoms with Crippen LogP contribution in [0.1, 0.15) is 22.8 Å². The highest BCUT2D eigenvalue weighted by Crippen LogP contribution is 2.26. The van der Waals surface area contributed by atoms with Crippen LogP contribution in [0, 0.1) is 17.0 Å². The van der Waals surface area contributed by atoms with Gasteiger partial charge in [0, 0.05) is 29.7 Å². The summed E-state index contributed by atoms with van der Waals surface area (Å²) in [6.07, 6.45) is 2.88. The highest BCUT2D eigenvalue weighted by atomic mass is 35.5. The number of non-ortho nitro benzene ring substituents is 1. The first kappa shape index (κ1) is 18.6. The number of rotatable bonds is 4. The predicted molar refractivity (Wildman–Crippen MR) is 107 cm³/mol. The molecule has 0 bridgehead atoms. The summed E-state index contributed by atoms with van der Waals surface area (Å²) in [7, 11) is 0. The van der Waals surface area contributed by atoms with Crippen molar-refractivity contribution in [2.45, 2.75) is 6.92 Å². The second-order valence-corrected chi connectivity index (χ2v) is 6.60. The van der Waals surface area contributed by atoms with Gasteiger partial charge in [0.25, 0.3) is 5.69 Å². The van der Waals surface area contributed by atoms with Crippen LogP contribution in [0.25, 0.3) is 22.6 Å². The Morgan fingerprint density at radius 2 is 1.97 bits per heavy atom. The van der Waals surface area contributed by atoms with E-state index < -0.39 is 4.92 Å². The van der Waals surface area contributed by atoms with Gasteiger partial charge in [-0.15, -0.1) is 0 Å². The third-order valence-corrected chi connectivity index (χ3v) is 4.45. The van der Waals surface area contributed by atoms with Gasteiger partial charge in [0.05, 0.1) is 15.9 Å². The molecule has 2 aromatic carbocycles. The van der Waals surface area contributed by atoms with Crippen molar-refractivity contribution >= 4 is 39.9 Å². The average molecular weight is 410 g/mol. The smallest absolute Gasteiger partial charge is 0.269 e. The van der Waals surface area contributed by atoms with E-state index in [9.17, 15) is 14.9 Å². The molecule has 0 unspecified atom stereocenters. The number of fused-ring (bicyclic) bond motifs is 1. The van der Waals surface area contributed by atoms with E-state index in [1.807, 2.05) is 0 Å². The fourth-order valence-corrected chi connectivity index (χ4v) is 2.99. The molecular weight excluding hydrogens is 398 g/mol. The van der Waals surface area contributed by atoms with Crippen molar-refractivity contribution in [2.75, 3.05) is 0 Å². The maximum absolute atomic E-state index is 12.9. The lowest BCUT2D eigenvalue weighted by atomic mass is 10.0. The lowest BCUT2D eigenvalue weighted by Crippen LogP contribution is -2.05. The third-order valence-electron chi connectivity index (χ3n) is 4.22. The number of nitrogens with zero attached hydrogens (tertiary/aromatic N) is 3. The average Bonchev–Trinajstić information content (AvgIpc) is 3.14. The normalized spacial score (nSPS) is 11.7. The first-order valence-electron chi connectivity index (χ1n) is 8.40. The van der Waals surface area contributed by atoms with Crippen LogP contribution in [-0.2, 0) is 0 Å². The van der Waals surface area contributed by atoms with E-state index in [0.717, 1.165) is 0 Å². The molecule has 0 saturated heterocycles. The molecule has 4 rings (SSSR count). The number of hydrogen-bond acceptors (Lipinski definition) is 7. The monoisotopic (exact) mass is 409 g/mol. The lowest BCUT2D eigenvalue weighted by molar-refractivity contribution is -0.384. The molecule has 0 amide bonds. The Balaban J connectivity index is 1.90. The minimum Gasteiger partial charge on any atom is -0.463 e. The Kier molecular flexibility index (Phi) is 4.69. The number of aromatic nitrogens is 2. The van der Waals surface area contributed by atoms with Gasteiger partial charge in [0.2, 0.25) is 11.7 Å². The molecule has 0 spiro atoms. The van der Waals surface area contributed by atoms with Crippen LogP contribution in [0.2, 0.25) is 5.02 Å². The molecule has 0 aliphatic heterocycles. The standard InChI is InChI=1S/C20H12ClN3O5/c1-11-22-20(23-29-11)16(12-2-5-15(6-3-12)24(26)27)8-13-10-28-18-7-4-14(21)9-17(18)19(13)25/h2-10H,1H3/b16-8-. The summed E-state index contributed by atoms with van der Waals surface area (Å²) in [6, 6.07) is 10.6. The van der Waals surface area contributed by atoms with E-state index in [1.165, 1.54) is 24.5 Å². The maximum Gasteiger partial charge on any atom is 0.269 e. The zero-order chi connectivity index (χ0) is 20.5. The number of hydrogen-bond donors (Lipinski definition) is 0. The van der Waals surface area contributed by atoms with E-state index in [4.69, 9.17) is 20.5 Å². The highest BCUT2D eigenvalue weighted by Gasteiger charge is 2.16. The fraction of sp³-hybridized carbons (Fsp3) is 0.0500. The molecule has 29 heavy (non-hydrogen) atoms. The quantitative estimate of drug-likeness (QED) is 0.356. The molecule has 0 saturated carbocycles. The Bertz CT molecular complexity index is 1320. The Morgan fingerprint density at radius 3 is 2.62 bits per heavy atom. The van der Waals surface area contributed by atoms with E-state index in [2.05, 4.69) is 10.1 Å². The Labute approximate surface area is 168 Å². The van der Waals surface area contributed by atoms with E-state index >= 15 is 0 Å². The molecule has 0 aliphatic carbocycles. The van der Waals surface area contributed by atoms with Crippen LogP contribution >= 0.6 is 11.6 Å². The van der Waals surface area contributed by atoms with Gasteiger partial charge in [-0.1, -0.05) is 16.8 Å². The van der Waals surface area contributed by atoms with Gasteiger partial charge < -0.3 is 8.94 Å². The number of aryl methyl sites for hydroxylation is 1. The summed E-state index contributed by atoms with van der Waals surface area (Å²) in [5.74, 6) is 0.576. The van der Waals surface area contributed by atoms with Crippen molar-refractivity contribution in [3.05, 3.63) is 96.9 Å². The molecule has 0 radical (unpaired) electrons. The van der Waals surface area contributed by atoms with Gasteiger partial charge in [-0.2, -0.15) is 4.98 Å². The van der Waals surface area contributed by atoms with Gasteiger partial charge in [-0.3, -0.25) is 14.9 Å². The van der Waals surface area contributed by atoms with E-state index in [-0.39, 0.29) is 22.5 Å². The second kappa shape index (κ2) is 7.33. The summed E-state index contributed by atoms with van der Waals surface area (Å²) in [6.45, 7) is 1.64. The molecule has 8 nitrogen and oxygen atoms in total. The molecule has 2 aromatic heterocycles. The Morgan fingerprint density at radius 1 is 1.21 bits per heavy atom. The first-order valence-corrected chi connectivity index (χ1v) is 8.78. The molecule has 9 heteroatoms. The van der Waals surface area contributed by atoms with Crippen molar-refractivity contribution in [1.82, 2.24) is 10.1 Å². The zero-order valence-electron chi connectivity index (χ0n) is 15.0. The first-order chi connectivity index (χ1) is 13.9.